The lowest BCUT2D eigenvalue weighted by Crippen LogP contribution is -2.40. The molecule has 0 aromatic rings. The minimum Gasteiger partial charge on any atom is -0.381 e. The van der Waals surface area contributed by atoms with E-state index in [1.54, 1.807) is 0 Å². The van der Waals surface area contributed by atoms with E-state index in [4.69, 9.17) is 4.74 Å². The van der Waals surface area contributed by atoms with Gasteiger partial charge in [0, 0.05) is 32.3 Å². The summed E-state index contributed by atoms with van der Waals surface area (Å²) in [6.07, 6.45) is 6.38. The number of nitrogens with zero attached hydrogens (tertiary/aromatic N) is 1. The molecule has 1 fully saturated rings. The first-order chi connectivity index (χ1) is 7.84. The Kier molecular flexibility index (Phi) is 7.81. The van der Waals surface area contributed by atoms with Gasteiger partial charge < -0.3 is 15.0 Å². The average Bonchev–Trinajstić information content (AvgIpc) is 2.34. The van der Waals surface area contributed by atoms with Gasteiger partial charge in [0.2, 0.25) is 0 Å². The van der Waals surface area contributed by atoms with E-state index in [-0.39, 0.29) is 0 Å². The van der Waals surface area contributed by atoms with Crippen LogP contribution in [0.25, 0.3) is 0 Å². The van der Waals surface area contributed by atoms with Crippen molar-refractivity contribution in [3.8, 4) is 0 Å². The van der Waals surface area contributed by atoms with Crippen molar-refractivity contribution < 1.29 is 4.74 Å². The van der Waals surface area contributed by atoms with Crippen molar-refractivity contribution in [1.29, 1.82) is 0 Å². The molecule has 0 atom stereocenters. The van der Waals surface area contributed by atoms with Crippen LogP contribution < -0.4 is 5.32 Å². The summed E-state index contributed by atoms with van der Waals surface area (Å²) in [5.41, 5.74) is 0. The molecule has 0 aromatic carbocycles. The highest BCUT2D eigenvalue weighted by Gasteiger charge is 2.17. The number of ether oxygens (including phenoxy) is 1. The van der Waals surface area contributed by atoms with Crippen LogP contribution in [0.2, 0.25) is 0 Å². The normalized spacial score (nSPS) is 18.2. The third-order valence-corrected chi connectivity index (χ3v) is 3.41. The summed E-state index contributed by atoms with van der Waals surface area (Å²) in [6.45, 7) is 7.60. The lowest BCUT2D eigenvalue weighted by Gasteiger charge is -2.31. The van der Waals surface area contributed by atoms with Crippen LogP contribution in [0.4, 0.5) is 0 Å². The Morgan fingerprint density at radius 3 is 2.62 bits per heavy atom. The van der Waals surface area contributed by atoms with E-state index < -0.39 is 0 Å². The summed E-state index contributed by atoms with van der Waals surface area (Å²) in [5, 5.41) is 3.52. The molecule has 16 heavy (non-hydrogen) atoms. The van der Waals surface area contributed by atoms with Gasteiger partial charge in [0.05, 0.1) is 0 Å². The lowest BCUT2D eigenvalue weighted by atomic mass is 10.1. The molecular weight excluding hydrogens is 200 g/mol. The molecule has 3 nitrogen and oxygen atoms in total. The molecule has 1 saturated heterocycles. The van der Waals surface area contributed by atoms with E-state index in [1.807, 2.05) is 0 Å². The number of unbranched alkanes of at least 4 members (excludes halogenated alkanes) is 2. The molecule has 0 spiro atoms. The third kappa shape index (κ3) is 5.83. The zero-order valence-electron chi connectivity index (χ0n) is 11.0. The van der Waals surface area contributed by atoms with Crippen LogP contribution >= 0.6 is 0 Å². The topological polar surface area (TPSA) is 24.5 Å². The van der Waals surface area contributed by atoms with Crippen LogP contribution in [0, 0.1) is 0 Å². The van der Waals surface area contributed by atoms with Gasteiger partial charge in [-0.3, -0.25) is 0 Å². The smallest absolute Gasteiger partial charge is 0.0480 e. The van der Waals surface area contributed by atoms with E-state index in [0.717, 1.165) is 32.3 Å². The fraction of sp³-hybridized carbons (Fsp3) is 1.00. The molecule has 0 bridgehead atoms. The van der Waals surface area contributed by atoms with Gasteiger partial charge in [-0.15, -0.1) is 0 Å². The van der Waals surface area contributed by atoms with Crippen LogP contribution in [-0.2, 0) is 4.74 Å². The summed E-state index contributed by atoms with van der Waals surface area (Å²) in [4.78, 5) is 2.48. The molecule has 0 radical (unpaired) electrons. The summed E-state index contributed by atoms with van der Waals surface area (Å²) < 4.78 is 5.38. The molecule has 1 aliphatic rings. The maximum atomic E-state index is 5.38. The second-order valence-electron chi connectivity index (χ2n) is 4.78. The predicted octanol–water partition coefficient (Wildman–Crippen LogP) is 1.88. The molecule has 0 amide bonds. The van der Waals surface area contributed by atoms with Crippen molar-refractivity contribution in [2.24, 2.45) is 0 Å². The van der Waals surface area contributed by atoms with E-state index >= 15 is 0 Å². The molecular formula is C13H28N2O. The first kappa shape index (κ1) is 13.9. The van der Waals surface area contributed by atoms with Crippen molar-refractivity contribution in [2.45, 2.75) is 45.1 Å². The number of hydrogen-bond acceptors (Lipinski definition) is 3. The molecule has 3 heteroatoms. The van der Waals surface area contributed by atoms with Gasteiger partial charge in [-0.25, -0.2) is 0 Å². The number of likely N-dealkylation sites (N-methyl/N-ethyl adjacent to an activating group) is 1. The summed E-state index contributed by atoms with van der Waals surface area (Å²) in [5.74, 6) is 0. The third-order valence-electron chi connectivity index (χ3n) is 3.41. The number of nitrogens with one attached hydrogen (secondary N) is 1. The Bertz CT molecular complexity index is 158. The van der Waals surface area contributed by atoms with Crippen molar-refractivity contribution in [3.63, 3.8) is 0 Å². The SMILES string of the molecule is CCCCCNCCN(C)C1CCOCC1. The molecule has 0 aromatic heterocycles. The zero-order chi connectivity index (χ0) is 11.6. The van der Waals surface area contributed by atoms with E-state index in [1.165, 1.54) is 38.6 Å². The highest BCUT2D eigenvalue weighted by Crippen LogP contribution is 2.11. The summed E-state index contributed by atoms with van der Waals surface area (Å²) >= 11 is 0. The Morgan fingerprint density at radius 1 is 1.19 bits per heavy atom. The standard InChI is InChI=1S/C13H28N2O/c1-3-4-5-8-14-9-10-15(2)13-6-11-16-12-7-13/h13-14H,3-12H2,1-2H3. The van der Waals surface area contributed by atoms with Crippen LogP contribution in [0.3, 0.4) is 0 Å². The first-order valence-corrected chi connectivity index (χ1v) is 6.83. The molecule has 0 saturated carbocycles. The maximum absolute atomic E-state index is 5.38. The van der Waals surface area contributed by atoms with Gasteiger partial charge >= 0.3 is 0 Å². The first-order valence-electron chi connectivity index (χ1n) is 6.83. The highest BCUT2D eigenvalue weighted by molar-refractivity contribution is 4.72. The molecule has 1 rings (SSSR count). The van der Waals surface area contributed by atoms with Gasteiger partial charge in [-0.05, 0) is 32.9 Å². The zero-order valence-corrected chi connectivity index (χ0v) is 11.0. The van der Waals surface area contributed by atoms with Crippen molar-refractivity contribution in [3.05, 3.63) is 0 Å². The van der Waals surface area contributed by atoms with Crippen molar-refractivity contribution >= 4 is 0 Å². The second-order valence-corrected chi connectivity index (χ2v) is 4.78. The second kappa shape index (κ2) is 8.97. The Labute approximate surface area is 101 Å². The average molecular weight is 228 g/mol. The molecule has 1 aliphatic heterocycles. The van der Waals surface area contributed by atoms with Gasteiger partial charge in [0.25, 0.3) is 0 Å². The minimum atomic E-state index is 0.742. The quantitative estimate of drug-likeness (QED) is 0.642. The Hall–Kier alpha value is -0.120. The fourth-order valence-electron chi connectivity index (χ4n) is 2.19. The van der Waals surface area contributed by atoms with Crippen LogP contribution in [-0.4, -0.2) is 50.8 Å². The fourth-order valence-corrected chi connectivity index (χ4v) is 2.19. The van der Waals surface area contributed by atoms with Gasteiger partial charge in [0.1, 0.15) is 0 Å². The molecule has 1 heterocycles. The number of rotatable bonds is 8. The molecule has 0 aliphatic carbocycles. The van der Waals surface area contributed by atoms with Crippen LogP contribution in [0.1, 0.15) is 39.0 Å². The van der Waals surface area contributed by atoms with Crippen molar-refractivity contribution in [1.82, 2.24) is 10.2 Å². The maximum Gasteiger partial charge on any atom is 0.0480 e. The van der Waals surface area contributed by atoms with E-state index in [0.29, 0.717) is 0 Å². The van der Waals surface area contributed by atoms with Gasteiger partial charge in [-0.1, -0.05) is 19.8 Å². The van der Waals surface area contributed by atoms with Crippen molar-refractivity contribution in [2.75, 3.05) is 39.9 Å². The van der Waals surface area contributed by atoms with Gasteiger partial charge in [0.15, 0.2) is 0 Å². The molecule has 96 valence electrons. The van der Waals surface area contributed by atoms with Gasteiger partial charge in [-0.2, -0.15) is 0 Å². The largest absolute Gasteiger partial charge is 0.381 e. The minimum absolute atomic E-state index is 0.742. The predicted molar refractivity (Wildman–Crippen MR) is 68.9 cm³/mol. The highest BCUT2D eigenvalue weighted by atomic mass is 16.5. The molecule has 0 unspecified atom stereocenters. The molecule has 1 N–H and O–H groups in total. The summed E-state index contributed by atoms with van der Waals surface area (Å²) in [7, 11) is 2.24. The monoisotopic (exact) mass is 228 g/mol. The Balaban J connectivity index is 1.94. The van der Waals surface area contributed by atoms with Crippen LogP contribution in [0.5, 0.6) is 0 Å². The van der Waals surface area contributed by atoms with E-state index in [2.05, 4.69) is 24.2 Å². The summed E-state index contributed by atoms with van der Waals surface area (Å²) in [6, 6.07) is 0.742. The number of hydrogen-bond donors (Lipinski definition) is 1. The van der Waals surface area contributed by atoms with E-state index in [9.17, 15) is 0 Å². The lowest BCUT2D eigenvalue weighted by molar-refractivity contribution is 0.0434. The Morgan fingerprint density at radius 2 is 1.94 bits per heavy atom. The van der Waals surface area contributed by atoms with Crippen LogP contribution in [0.15, 0.2) is 0 Å².